The van der Waals surface area contributed by atoms with E-state index in [1.807, 2.05) is 0 Å². The van der Waals surface area contributed by atoms with E-state index in [9.17, 15) is 8.42 Å². The number of hydrogen-bond acceptors (Lipinski definition) is 4. The molecular formula is C13H27N3O2S. The lowest BCUT2D eigenvalue weighted by Gasteiger charge is -2.35. The number of nitrogens with zero attached hydrogens (tertiary/aromatic N) is 2. The van der Waals surface area contributed by atoms with Crippen LogP contribution in [-0.4, -0.2) is 69.7 Å². The van der Waals surface area contributed by atoms with Crippen molar-refractivity contribution in [2.45, 2.75) is 30.9 Å². The van der Waals surface area contributed by atoms with Crippen LogP contribution >= 0.6 is 0 Å². The Balaban J connectivity index is 1.89. The fourth-order valence-electron chi connectivity index (χ4n) is 3.17. The molecular weight excluding hydrogens is 262 g/mol. The van der Waals surface area contributed by atoms with Gasteiger partial charge >= 0.3 is 0 Å². The van der Waals surface area contributed by atoms with Crippen molar-refractivity contribution >= 4 is 10.0 Å². The summed E-state index contributed by atoms with van der Waals surface area (Å²) >= 11 is 0. The fourth-order valence-corrected chi connectivity index (χ4v) is 5.14. The van der Waals surface area contributed by atoms with Crippen molar-refractivity contribution in [3.63, 3.8) is 0 Å². The lowest BCUT2D eigenvalue weighted by atomic mass is 9.98. The van der Waals surface area contributed by atoms with Crippen molar-refractivity contribution in [1.29, 1.82) is 0 Å². The fraction of sp³-hybridized carbons (Fsp3) is 1.00. The van der Waals surface area contributed by atoms with Crippen molar-refractivity contribution in [1.82, 2.24) is 14.5 Å². The van der Waals surface area contributed by atoms with Crippen LogP contribution in [0.15, 0.2) is 0 Å². The smallest absolute Gasteiger partial charge is 0.217 e. The number of hydrogen-bond donors (Lipinski definition) is 1. The van der Waals surface area contributed by atoms with E-state index in [1.54, 1.807) is 4.31 Å². The van der Waals surface area contributed by atoms with Crippen molar-refractivity contribution in [3.05, 3.63) is 0 Å². The first-order valence-electron chi connectivity index (χ1n) is 7.34. The highest BCUT2D eigenvalue weighted by Gasteiger charge is 2.35. The summed E-state index contributed by atoms with van der Waals surface area (Å²) < 4.78 is 26.9. The Morgan fingerprint density at radius 1 is 1.11 bits per heavy atom. The zero-order valence-corrected chi connectivity index (χ0v) is 13.0. The van der Waals surface area contributed by atoms with Gasteiger partial charge in [-0.1, -0.05) is 0 Å². The number of piperidine rings is 2. The Bertz CT molecular complexity index is 369. The van der Waals surface area contributed by atoms with Crippen LogP contribution in [0.25, 0.3) is 0 Å². The maximum absolute atomic E-state index is 12.6. The third kappa shape index (κ3) is 3.90. The molecule has 0 amide bonds. The van der Waals surface area contributed by atoms with Gasteiger partial charge in [-0.3, -0.25) is 0 Å². The minimum atomic E-state index is -3.06. The van der Waals surface area contributed by atoms with Crippen LogP contribution in [0.3, 0.4) is 0 Å². The molecule has 1 N–H and O–H groups in total. The Kier molecular flexibility index (Phi) is 5.22. The second kappa shape index (κ2) is 6.52. The van der Waals surface area contributed by atoms with Gasteiger partial charge in [-0.15, -0.1) is 0 Å². The Morgan fingerprint density at radius 3 is 2.21 bits per heavy atom. The second-order valence-corrected chi connectivity index (χ2v) is 8.31. The molecule has 5 nitrogen and oxygen atoms in total. The summed E-state index contributed by atoms with van der Waals surface area (Å²) in [4.78, 5) is 2.20. The van der Waals surface area contributed by atoms with Crippen LogP contribution in [-0.2, 0) is 10.0 Å². The highest BCUT2D eigenvalue weighted by Crippen LogP contribution is 2.24. The predicted octanol–water partition coefficient (Wildman–Crippen LogP) is 0.342. The van der Waals surface area contributed by atoms with Gasteiger partial charge in [0.15, 0.2) is 0 Å². The van der Waals surface area contributed by atoms with Crippen LogP contribution in [0.4, 0.5) is 0 Å². The van der Waals surface area contributed by atoms with Crippen LogP contribution in [0, 0.1) is 5.92 Å². The number of rotatable bonds is 4. The highest BCUT2D eigenvalue weighted by atomic mass is 32.2. The molecule has 6 heteroatoms. The first kappa shape index (κ1) is 15.2. The quantitative estimate of drug-likeness (QED) is 0.811. The minimum Gasteiger partial charge on any atom is -0.317 e. The molecule has 2 saturated heterocycles. The van der Waals surface area contributed by atoms with Crippen LogP contribution in [0.1, 0.15) is 25.7 Å². The maximum Gasteiger partial charge on any atom is 0.217 e. The number of nitrogens with one attached hydrogen (secondary N) is 1. The molecule has 0 aromatic rings. The van der Waals surface area contributed by atoms with E-state index < -0.39 is 10.0 Å². The first-order chi connectivity index (χ1) is 9.00. The molecule has 2 aliphatic rings. The second-order valence-electron chi connectivity index (χ2n) is 6.10. The summed E-state index contributed by atoms with van der Waals surface area (Å²) in [6.45, 7) is 4.17. The summed E-state index contributed by atoms with van der Waals surface area (Å²) in [6.07, 6.45) is 3.53. The van der Waals surface area contributed by atoms with Crippen molar-refractivity contribution in [3.8, 4) is 0 Å². The molecule has 2 fully saturated rings. The average Bonchev–Trinajstić information content (AvgIpc) is 2.40. The van der Waals surface area contributed by atoms with Gasteiger partial charge in [0.2, 0.25) is 10.0 Å². The summed E-state index contributed by atoms with van der Waals surface area (Å²) in [5, 5.41) is 3.08. The van der Waals surface area contributed by atoms with E-state index in [-0.39, 0.29) is 5.25 Å². The van der Waals surface area contributed by atoms with Gasteiger partial charge in [0.25, 0.3) is 0 Å². The average molecular weight is 289 g/mol. The van der Waals surface area contributed by atoms with Crippen LogP contribution < -0.4 is 5.32 Å². The molecule has 19 heavy (non-hydrogen) atoms. The highest BCUT2D eigenvalue weighted by molar-refractivity contribution is 7.89. The standard InChI is InChI=1S/C13H27N3O2S/c1-15(2)11-12-5-9-16(10-6-12)19(17,18)13-3-7-14-8-4-13/h12-14H,3-11H2,1-2H3. The Labute approximate surface area is 117 Å². The monoisotopic (exact) mass is 289 g/mol. The molecule has 0 radical (unpaired) electrons. The molecule has 0 spiro atoms. The summed E-state index contributed by atoms with van der Waals surface area (Å²) in [6, 6.07) is 0. The van der Waals surface area contributed by atoms with E-state index in [2.05, 4.69) is 24.3 Å². The van der Waals surface area contributed by atoms with Gasteiger partial charge in [0.1, 0.15) is 0 Å². The summed E-state index contributed by atoms with van der Waals surface area (Å²) in [5.74, 6) is 0.648. The Hall–Kier alpha value is -0.170. The first-order valence-corrected chi connectivity index (χ1v) is 8.85. The van der Waals surface area contributed by atoms with Crippen LogP contribution in [0.5, 0.6) is 0 Å². The van der Waals surface area contributed by atoms with Crippen LogP contribution in [0.2, 0.25) is 0 Å². The molecule has 0 aliphatic carbocycles. The van der Waals surface area contributed by atoms with Crippen molar-refractivity contribution in [2.24, 2.45) is 5.92 Å². The van der Waals surface area contributed by atoms with Gasteiger partial charge in [-0.25, -0.2) is 12.7 Å². The molecule has 0 unspecified atom stereocenters. The van der Waals surface area contributed by atoms with Crippen molar-refractivity contribution < 1.29 is 8.42 Å². The summed E-state index contributed by atoms with van der Waals surface area (Å²) in [5.41, 5.74) is 0. The molecule has 2 rings (SSSR count). The largest absolute Gasteiger partial charge is 0.317 e. The van der Waals surface area contributed by atoms with Gasteiger partial charge in [-0.2, -0.15) is 0 Å². The third-order valence-corrected chi connectivity index (χ3v) is 6.66. The molecule has 0 bridgehead atoms. The van der Waals surface area contributed by atoms with Gasteiger partial charge in [0, 0.05) is 19.6 Å². The third-order valence-electron chi connectivity index (χ3n) is 4.26. The molecule has 2 aliphatic heterocycles. The molecule has 2 heterocycles. The van der Waals surface area contributed by atoms with Gasteiger partial charge in [-0.05, 0) is 58.8 Å². The van der Waals surface area contributed by atoms with Gasteiger partial charge in [0.05, 0.1) is 5.25 Å². The van der Waals surface area contributed by atoms with E-state index in [1.165, 1.54) is 0 Å². The molecule has 0 aromatic heterocycles. The SMILES string of the molecule is CN(C)CC1CCN(S(=O)(=O)C2CCNCC2)CC1. The van der Waals surface area contributed by atoms with E-state index in [0.717, 1.165) is 45.3 Å². The molecule has 0 aromatic carbocycles. The predicted molar refractivity (Wildman–Crippen MR) is 77.7 cm³/mol. The Morgan fingerprint density at radius 2 is 1.68 bits per heavy atom. The summed E-state index contributed by atoms with van der Waals surface area (Å²) in [7, 11) is 1.11. The normalized spacial score (nSPS) is 25.0. The topological polar surface area (TPSA) is 52.7 Å². The van der Waals surface area contributed by atoms with E-state index in [4.69, 9.17) is 0 Å². The van der Waals surface area contributed by atoms with E-state index in [0.29, 0.717) is 19.0 Å². The number of sulfonamides is 1. The lowest BCUT2D eigenvalue weighted by Crippen LogP contribution is -2.47. The zero-order valence-electron chi connectivity index (χ0n) is 12.1. The molecule has 112 valence electrons. The molecule has 0 saturated carbocycles. The van der Waals surface area contributed by atoms with Gasteiger partial charge < -0.3 is 10.2 Å². The maximum atomic E-state index is 12.6. The van der Waals surface area contributed by atoms with Crippen molar-refractivity contribution in [2.75, 3.05) is 46.8 Å². The lowest BCUT2D eigenvalue weighted by molar-refractivity contribution is 0.223. The van der Waals surface area contributed by atoms with E-state index >= 15 is 0 Å². The zero-order chi connectivity index (χ0) is 13.9. The minimum absolute atomic E-state index is 0.154. The molecule has 0 atom stereocenters.